The Bertz CT molecular complexity index is 453. The molecule has 1 unspecified atom stereocenters. The fraction of sp³-hybridized carbons (Fsp3) is 0.500. The van der Waals surface area contributed by atoms with Crippen molar-refractivity contribution in [2.75, 3.05) is 6.61 Å². The number of hydrogen-bond donors (Lipinski definition) is 3. The summed E-state index contributed by atoms with van der Waals surface area (Å²) in [5, 5.41) is 17.3. The maximum atomic E-state index is 11.7. The second-order valence-electron chi connectivity index (χ2n) is 3.70. The molecule has 0 aromatic carbocycles. The smallest absolute Gasteiger partial charge is 0.277 e. The van der Waals surface area contributed by atoms with Gasteiger partial charge in [0.1, 0.15) is 5.56 Å². The molecule has 0 radical (unpaired) electrons. The zero-order valence-corrected chi connectivity index (χ0v) is 9.50. The third-order valence-corrected chi connectivity index (χ3v) is 2.35. The zero-order valence-electron chi connectivity index (χ0n) is 9.50. The first-order valence-electron chi connectivity index (χ1n) is 4.95. The van der Waals surface area contributed by atoms with E-state index in [1.165, 1.54) is 0 Å². The lowest BCUT2D eigenvalue weighted by atomic mass is 10.1. The third-order valence-electron chi connectivity index (χ3n) is 2.35. The van der Waals surface area contributed by atoms with Gasteiger partial charge in [-0.25, -0.2) is 5.10 Å². The normalized spacial score (nSPS) is 12.2. The standard InChI is InChI=1S/C10H15N3O3/c1-5(4-14)11-9(15)8-6(2)7(3)12-13-10(8)16/h5,14H,4H2,1-3H3,(H,11,15)(H,13,16). The van der Waals surface area contributed by atoms with Crippen LogP contribution in [0, 0.1) is 13.8 Å². The van der Waals surface area contributed by atoms with Crippen LogP contribution in [0.25, 0.3) is 0 Å². The maximum absolute atomic E-state index is 11.7. The number of aliphatic hydroxyl groups is 1. The van der Waals surface area contributed by atoms with Gasteiger partial charge in [-0.1, -0.05) is 0 Å². The second kappa shape index (κ2) is 4.89. The van der Waals surface area contributed by atoms with Crippen LogP contribution < -0.4 is 10.9 Å². The number of aromatic amines is 1. The summed E-state index contributed by atoms with van der Waals surface area (Å²) in [6.45, 7) is 4.84. The van der Waals surface area contributed by atoms with Gasteiger partial charge in [-0.15, -0.1) is 0 Å². The number of aromatic nitrogens is 2. The molecule has 0 spiro atoms. The predicted octanol–water partition coefficient (Wildman–Crippen LogP) is -0.503. The number of aryl methyl sites for hydroxylation is 1. The highest BCUT2D eigenvalue weighted by Crippen LogP contribution is 2.04. The molecule has 0 saturated carbocycles. The highest BCUT2D eigenvalue weighted by Gasteiger charge is 2.17. The van der Waals surface area contributed by atoms with E-state index in [1.54, 1.807) is 20.8 Å². The van der Waals surface area contributed by atoms with Crippen LogP contribution in [-0.4, -0.2) is 33.9 Å². The van der Waals surface area contributed by atoms with Crippen LogP contribution in [-0.2, 0) is 0 Å². The van der Waals surface area contributed by atoms with Crippen molar-refractivity contribution in [3.63, 3.8) is 0 Å². The van der Waals surface area contributed by atoms with Gasteiger partial charge in [0.2, 0.25) is 0 Å². The Kier molecular flexibility index (Phi) is 3.78. The van der Waals surface area contributed by atoms with Gasteiger partial charge < -0.3 is 10.4 Å². The minimum Gasteiger partial charge on any atom is -0.394 e. The van der Waals surface area contributed by atoms with E-state index >= 15 is 0 Å². The summed E-state index contributed by atoms with van der Waals surface area (Å²) in [5.74, 6) is -0.495. The number of carbonyl (C=O) groups is 1. The summed E-state index contributed by atoms with van der Waals surface area (Å²) in [6.07, 6.45) is 0. The summed E-state index contributed by atoms with van der Waals surface area (Å²) < 4.78 is 0. The van der Waals surface area contributed by atoms with Gasteiger partial charge in [0.25, 0.3) is 11.5 Å². The van der Waals surface area contributed by atoms with Gasteiger partial charge in [-0.2, -0.15) is 5.10 Å². The predicted molar refractivity (Wildman–Crippen MR) is 58.3 cm³/mol. The molecule has 16 heavy (non-hydrogen) atoms. The maximum Gasteiger partial charge on any atom is 0.277 e. The van der Waals surface area contributed by atoms with Gasteiger partial charge >= 0.3 is 0 Å². The summed E-state index contributed by atoms with van der Waals surface area (Å²) in [4.78, 5) is 23.2. The molecule has 0 bridgehead atoms. The van der Waals surface area contributed by atoms with Crippen LogP contribution in [0.5, 0.6) is 0 Å². The number of nitrogens with one attached hydrogen (secondary N) is 2. The summed E-state index contributed by atoms with van der Waals surface area (Å²) in [7, 11) is 0. The second-order valence-corrected chi connectivity index (χ2v) is 3.70. The molecular weight excluding hydrogens is 210 g/mol. The van der Waals surface area contributed by atoms with E-state index in [2.05, 4.69) is 15.5 Å². The topological polar surface area (TPSA) is 95.1 Å². The van der Waals surface area contributed by atoms with E-state index in [1.807, 2.05) is 0 Å². The van der Waals surface area contributed by atoms with Crippen molar-refractivity contribution in [1.82, 2.24) is 15.5 Å². The lowest BCUT2D eigenvalue weighted by Gasteiger charge is -2.11. The van der Waals surface area contributed by atoms with E-state index < -0.39 is 11.5 Å². The molecule has 1 heterocycles. The summed E-state index contributed by atoms with van der Waals surface area (Å²) in [5.41, 5.74) is 0.673. The zero-order chi connectivity index (χ0) is 12.3. The molecule has 3 N–H and O–H groups in total. The molecule has 6 nitrogen and oxygen atoms in total. The molecule has 0 aliphatic heterocycles. The molecule has 1 aromatic rings. The molecule has 1 aromatic heterocycles. The number of hydrogen-bond acceptors (Lipinski definition) is 4. The molecule has 6 heteroatoms. The van der Waals surface area contributed by atoms with Crippen molar-refractivity contribution in [2.45, 2.75) is 26.8 Å². The molecule has 0 fully saturated rings. The summed E-state index contributed by atoms with van der Waals surface area (Å²) in [6, 6.07) is -0.389. The highest BCUT2D eigenvalue weighted by molar-refractivity contribution is 5.95. The van der Waals surface area contributed by atoms with E-state index in [0.717, 1.165) is 0 Å². The Balaban J connectivity index is 3.09. The monoisotopic (exact) mass is 225 g/mol. The first kappa shape index (κ1) is 12.4. The lowest BCUT2D eigenvalue weighted by Crippen LogP contribution is -2.38. The SMILES string of the molecule is Cc1n[nH]c(=O)c(C(=O)NC(C)CO)c1C. The number of carbonyl (C=O) groups excluding carboxylic acids is 1. The van der Waals surface area contributed by atoms with Crippen LogP contribution in [0.3, 0.4) is 0 Å². The number of aliphatic hydroxyl groups excluding tert-OH is 1. The van der Waals surface area contributed by atoms with E-state index in [0.29, 0.717) is 11.3 Å². The minimum atomic E-state index is -0.522. The van der Waals surface area contributed by atoms with E-state index in [4.69, 9.17) is 5.11 Å². The third kappa shape index (κ3) is 2.46. The van der Waals surface area contributed by atoms with Crippen molar-refractivity contribution in [2.24, 2.45) is 0 Å². The Morgan fingerprint density at radius 3 is 2.75 bits per heavy atom. The quantitative estimate of drug-likeness (QED) is 0.646. The molecule has 1 amide bonds. The number of amides is 1. The molecule has 0 aliphatic rings. The molecule has 0 aliphatic carbocycles. The van der Waals surface area contributed by atoms with E-state index in [9.17, 15) is 9.59 Å². The minimum absolute atomic E-state index is 0.0489. The lowest BCUT2D eigenvalue weighted by molar-refractivity contribution is 0.0919. The summed E-state index contributed by atoms with van der Waals surface area (Å²) >= 11 is 0. The fourth-order valence-corrected chi connectivity index (χ4v) is 1.24. The van der Waals surface area contributed by atoms with Crippen molar-refractivity contribution in [3.05, 3.63) is 27.2 Å². The van der Waals surface area contributed by atoms with Gasteiger partial charge in [0.05, 0.1) is 12.3 Å². The van der Waals surface area contributed by atoms with Crippen molar-refractivity contribution >= 4 is 5.91 Å². The van der Waals surface area contributed by atoms with Gasteiger partial charge in [-0.05, 0) is 26.3 Å². The molecule has 1 rings (SSSR count). The van der Waals surface area contributed by atoms with Crippen LogP contribution in [0.2, 0.25) is 0 Å². The molecule has 1 atom stereocenters. The first-order valence-corrected chi connectivity index (χ1v) is 4.95. The highest BCUT2D eigenvalue weighted by atomic mass is 16.3. The number of rotatable bonds is 3. The number of nitrogens with zero attached hydrogens (tertiary/aromatic N) is 1. The van der Waals surface area contributed by atoms with Gasteiger partial charge in [0, 0.05) is 6.04 Å². The van der Waals surface area contributed by atoms with Crippen LogP contribution in [0.15, 0.2) is 4.79 Å². The van der Waals surface area contributed by atoms with E-state index in [-0.39, 0.29) is 18.2 Å². The van der Waals surface area contributed by atoms with Crippen LogP contribution >= 0.6 is 0 Å². The van der Waals surface area contributed by atoms with Crippen molar-refractivity contribution in [3.8, 4) is 0 Å². The molecule has 0 saturated heterocycles. The average molecular weight is 225 g/mol. The molecular formula is C10H15N3O3. The Labute approximate surface area is 92.7 Å². The van der Waals surface area contributed by atoms with Crippen molar-refractivity contribution < 1.29 is 9.90 Å². The first-order chi connectivity index (χ1) is 7.47. The molecule has 88 valence electrons. The van der Waals surface area contributed by atoms with Gasteiger partial charge in [-0.3, -0.25) is 9.59 Å². The Morgan fingerprint density at radius 2 is 2.19 bits per heavy atom. The Morgan fingerprint density at radius 1 is 1.56 bits per heavy atom. The Hall–Kier alpha value is -1.69. The fourth-order valence-electron chi connectivity index (χ4n) is 1.24. The van der Waals surface area contributed by atoms with Crippen molar-refractivity contribution in [1.29, 1.82) is 0 Å². The largest absolute Gasteiger partial charge is 0.394 e. The average Bonchev–Trinajstić information content (AvgIpc) is 2.24. The van der Waals surface area contributed by atoms with Gasteiger partial charge in [0.15, 0.2) is 0 Å². The van der Waals surface area contributed by atoms with Crippen LogP contribution in [0.4, 0.5) is 0 Å². The van der Waals surface area contributed by atoms with Crippen LogP contribution in [0.1, 0.15) is 28.5 Å². The number of H-pyrrole nitrogens is 1.